The van der Waals surface area contributed by atoms with Gasteiger partial charge in [-0.25, -0.2) is 14.2 Å². The first kappa shape index (κ1) is 23.0. The molecule has 1 aliphatic heterocycles. The fraction of sp³-hybridized carbons (Fsp3) is 0.273. The van der Waals surface area contributed by atoms with E-state index in [1.165, 1.54) is 12.4 Å². The Kier molecular flexibility index (Phi) is 6.39. The van der Waals surface area contributed by atoms with E-state index in [1.807, 2.05) is 25.1 Å². The van der Waals surface area contributed by atoms with Gasteiger partial charge in [-0.05, 0) is 25.1 Å². The van der Waals surface area contributed by atoms with Crippen LogP contribution in [-0.4, -0.2) is 54.1 Å². The molecule has 12 heteroatoms. The number of fused-ring (bicyclic) bond motifs is 1. The molecule has 0 bridgehead atoms. The number of aromatic amines is 1. The minimum Gasteiger partial charge on any atom is -0.486 e. The molecule has 176 valence electrons. The van der Waals surface area contributed by atoms with E-state index in [0.717, 1.165) is 10.9 Å². The lowest BCUT2D eigenvalue weighted by Gasteiger charge is -2.17. The van der Waals surface area contributed by atoms with Crippen LogP contribution in [0.4, 0.5) is 5.95 Å². The molecule has 1 saturated heterocycles. The Bertz CT molecular complexity index is 1440. The number of nitrogens with one attached hydrogen (secondary N) is 1. The standard InChI is InChI=1S/C22H20Cl2N6O3S/c1-13(20-17(23)11-25-12-18(20)24)33-15-2-3-19-16(8-15)21(29-28-19)14-9-26-22(27-10-14)30-34(31)6-4-32-5-7-34/h2-3,8-13H,4-7H2,1H3,(H,28,29). The maximum absolute atomic E-state index is 12.8. The summed E-state index contributed by atoms with van der Waals surface area (Å²) in [5.74, 6) is 1.59. The van der Waals surface area contributed by atoms with Crippen molar-refractivity contribution in [3.63, 3.8) is 0 Å². The molecule has 1 N–H and O–H groups in total. The first-order valence-corrected chi connectivity index (χ1v) is 13.1. The van der Waals surface area contributed by atoms with Crippen LogP contribution in [0, 0.1) is 0 Å². The molecule has 4 aromatic rings. The Hall–Kier alpha value is -2.79. The molecular formula is C22H20Cl2N6O3S. The SMILES string of the molecule is CC(Oc1ccc2[nH]nc(-c3cnc(N=S4(=O)CCOCC4)nc3)c2c1)c1c(Cl)cncc1Cl. The molecule has 1 aliphatic rings. The van der Waals surface area contributed by atoms with Gasteiger partial charge in [0.25, 0.3) is 5.95 Å². The number of hydrogen-bond acceptors (Lipinski definition) is 8. The van der Waals surface area contributed by atoms with Crippen LogP contribution < -0.4 is 4.74 Å². The van der Waals surface area contributed by atoms with Crippen molar-refractivity contribution in [1.29, 1.82) is 0 Å². The van der Waals surface area contributed by atoms with Crippen molar-refractivity contribution >= 4 is 49.8 Å². The summed E-state index contributed by atoms with van der Waals surface area (Å²) < 4.78 is 28.4. The Balaban J connectivity index is 1.42. The minimum absolute atomic E-state index is 0.194. The molecule has 1 atom stereocenters. The third-order valence-corrected chi connectivity index (χ3v) is 8.10. The van der Waals surface area contributed by atoms with Gasteiger partial charge in [-0.2, -0.15) is 9.46 Å². The fourth-order valence-corrected chi connectivity index (χ4v) is 5.88. The molecule has 34 heavy (non-hydrogen) atoms. The van der Waals surface area contributed by atoms with E-state index in [9.17, 15) is 4.21 Å². The predicted octanol–water partition coefficient (Wildman–Crippen LogP) is 4.99. The number of hydrogen-bond donors (Lipinski definition) is 1. The van der Waals surface area contributed by atoms with E-state index in [0.29, 0.717) is 57.3 Å². The summed E-state index contributed by atoms with van der Waals surface area (Å²) in [7, 11) is -2.38. The first-order chi connectivity index (χ1) is 16.4. The lowest BCUT2D eigenvalue weighted by atomic mass is 10.1. The maximum Gasteiger partial charge on any atom is 0.257 e. The highest BCUT2D eigenvalue weighted by molar-refractivity contribution is 7.93. The zero-order chi connectivity index (χ0) is 23.7. The molecule has 0 saturated carbocycles. The van der Waals surface area contributed by atoms with E-state index >= 15 is 0 Å². The molecular weight excluding hydrogens is 499 g/mol. The van der Waals surface area contributed by atoms with Gasteiger partial charge in [0.1, 0.15) is 17.5 Å². The highest BCUT2D eigenvalue weighted by Gasteiger charge is 2.18. The lowest BCUT2D eigenvalue weighted by Crippen LogP contribution is -2.25. The minimum atomic E-state index is -2.38. The van der Waals surface area contributed by atoms with Crippen molar-refractivity contribution in [1.82, 2.24) is 25.1 Å². The van der Waals surface area contributed by atoms with Crippen molar-refractivity contribution < 1.29 is 13.7 Å². The first-order valence-electron chi connectivity index (χ1n) is 10.5. The molecule has 1 unspecified atom stereocenters. The largest absolute Gasteiger partial charge is 0.486 e. The van der Waals surface area contributed by atoms with Gasteiger partial charge in [0.2, 0.25) is 0 Å². The topological polar surface area (TPSA) is 115 Å². The van der Waals surface area contributed by atoms with Crippen molar-refractivity contribution in [3.05, 3.63) is 58.6 Å². The molecule has 5 rings (SSSR count). The number of halogens is 2. The normalized spacial score (nSPS) is 16.3. The third-order valence-electron chi connectivity index (χ3n) is 5.40. The third kappa shape index (κ3) is 4.72. The molecule has 0 radical (unpaired) electrons. The Morgan fingerprint density at radius 3 is 2.53 bits per heavy atom. The second kappa shape index (κ2) is 9.46. The van der Waals surface area contributed by atoms with Crippen molar-refractivity contribution in [2.45, 2.75) is 13.0 Å². The van der Waals surface area contributed by atoms with Crippen LogP contribution >= 0.6 is 23.2 Å². The van der Waals surface area contributed by atoms with E-state index < -0.39 is 15.8 Å². The highest BCUT2D eigenvalue weighted by Crippen LogP contribution is 2.34. The molecule has 1 aromatic carbocycles. The van der Waals surface area contributed by atoms with Crippen LogP contribution in [0.15, 0.2) is 47.3 Å². The van der Waals surface area contributed by atoms with Gasteiger partial charge in [0, 0.05) is 41.3 Å². The van der Waals surface area contributed by atoms with Crippen molar-refractivity contribution in [2.75, 3.05) is 24.7 Å². The molecule has 0 spiro atoms. The van der Waals surface area contributed by atoms with Crippen LogP contribution in [0.3, 0.4) is 0 Å². The van der Waals surface area contributed by atoms with E-state index in [1.54, 1.807) is 12.4 Å². The summed E-state index contributed by atoms with van der Waals surface area (Å²) in [6, 6.07) is 5.60. The summed E-state index contributed by atoms with van der Waals surface area (Å²) in [4.78, 5) is 12.6. The number of H-pyrrole nitrogens is 1. The van der Waals surface area contributed by atoms with Crippen LogP contribution in [-0.2, 0) is 14.5 Å². The van der Waals surface area contributed by atoms with Gasteiger partial charge in [-0.3, -0.25) is 10.1 Å². The van der Waals surface area contributed by atoms with Crippen molar-refractivity contribution in [2.24, 2.45) is 4.36 Å². The van der Waals surface area contributed by atoms with Gasteiger partial charge in [-0.15, -0.1) is 0 Å². The van der Waals surface area contributed by atoms with E-state index in [-0.39, 0.29) is 5.95 Å². The molecule has 4 heterocycles. The summed E-state index contributed by atoms with van der Waals surface area (Å²) in [5.41, 5.74) is 2.85. The molecule has 3 aromatic heterocycles. The Labute approximate surface area is 206 Å². The summed E-state index contributed by atoms with van der Waals surface area (Å²) in [6.45, 7) is 2.73. The van der Waals surface area contributed by atoms with E-state index in [2.05, 4.69) is 29.5 Å². The maximum atomic E-state index is 12.8. The highest BCUT2D eigenvalue weighted by atomic mass is 35.5. The zero-order valence-electron chi connectivity index (χ0n) is 18.1. The molecule has 0 amide bonds. The Morgan fingerprint density at radius 2 is 1.82 bits per heavy atom. The summed E-state index contributed by atoms with van der Waals surface area (Å²) >= 11 is 12.5. The van der Waals surface area contributed by atoms with Gasteiger partial charge in [0.15, 0.2) is 0 Å². The second-order valence-electron chi connectivity index (χ2n) is 7.71. The van der Waals surface area contributed by atoms with Crippen LogP contribution in [0.2, 0.25) is 10.0 Å². The number of benzene rings is 1. The number of nitrogens with zero attached hydrogens (tertiary/aromatic N) is 5. The summed E-state index contributed by atoms with van der Waals surface area (Å²) in [6.07, 6.45) is 5.92. The quantitative estimate of drug-likeness (QED) is 0.395. The number of aromatic nitrogens is 5. The summed E-state index contributed by atoms with van der Waals surface area (Å²) in [5, 5.41) is 9.14. The predicted molar refractivity (Wildman–Crippen MR) is 131 cm³/mol. The van der Waals surface area contributed by atoms with Gasteiger partial charge in [0.05, 0.1) is 50.0 Å². The van der Waals surface area contributed by atoms with Gasteiger partial charge >= 0.3 is 0 Å². The smallest absolute Gasteiger partial charge is 0.257 e. The average molecular weight is 519 g/mol. The Morgan fingerprint density at radius 1 is 1.12 bits per heavy atom. The lowest BCUT2D eigenvalue weighted by molar-refractivity contribution is 0.158. The molecule has 0 aliphatic carbocycles. The van der Waals surface area contributed by atoms with Gasteiger partial charge < -0.3 is 9.47 Å². The fourth-order valence-electron chi connectivity index (χ4n) is 3.67. The van der Waals surface area contributed by atoms with Crippen LogP contribution in [0.1, 0.15) is 18.6 Å². The van der Waals surface area contributed by atoms with Crippen molar-refractivity contribution in [3.8, 4) is 17.0 Å². The average Bonchev–Trinajstić information content (AvgIpc) is 3.23. The van der Waals surface area contributed by atoms with Crippen LogP contribution in [0.5, 0.6) is 5.75 Å². The van der Waals surface area contributed by atoms with Crippen LogP contribution in [0.25, 0.3) is 22.2 Å². The monoisotopic (exact) mass is 518 g/mol. The van der Waals surface area contributed by atoms with Gasteiger partial charge in [-0.1, -0.05) is 23.2 Å². The number of pyridine rings is 1. The molecule has 1 fully saturated rings. The van der Waals surface area contributed by atoms with E-state index in [4.69, 9.17) is 32.7 Å². The number of ether oxygens (including phenoxy) is 2. The number of rotatable bonds is 5. The second-order valence-corrected chi connectivity index (χ2v) is 11.1. The zero-order valence-corrected chi connectivity index (χ0v) is 20.4. The molecule has 9 nitrogen and oxygen atoms in total.